The molecule has 138 valence electrons. The van der Waals surface area contributed by atoms with Gasteiger partial charge in [0, 0.05) is 31.5 Å². The minimum Gasteiger partial charge on any atom is -0.352 e. The Bertz CT molecular complexity index is 902. The highest BCUT2D eigenvalue weighted by atomic mass is 16.2. The molecule has 0 fully saturated rings. The van der Waals surface area contributed by atoms with E-state index in [2.05, 4.69) is 15.7 Å². The van der Waals surface area contributed by atoms with Crippen molar-refractivity contribution >= 4 is 17.5 Å². The van der Waals surface area contributed by atoms with E-state index in [4.69, 9.17) is 0 Å². The van der Waals surface area contributed by atoms with Gasteiger partial charge in [0.2, 0.25) is 11.8 Å². The number of nitrogens with zero attached hydrogens (tertiary/aromatic N) is 2. The van der Waals surface area contributed by atoms with Crippen molar-refractivity contribution in [1.82, 2.24) is 15.1 Å². The van der Waals surface area contributed by atoms with Crippen molar-refractivity contribution in [1.29, 1.82) is 0 Å². The van der Waals surface area contributed by atoms with Crippen LogP contribution in [0.2, 0.25) is 0 Å². The van der Waals surface area contributed by atoms with E-state index in [0.29, 0.717) is 19.5 Å². The van der Waals surface area contributed by atoms with Crippen molar-refractivity contribution in [2.24, 2.45) is 0 Å². The number of benzene rings is 2. The van der Waals surface area contributed by atoms with E-state index >= 15 is 0 Å². The van der Waals surface area contributed by atoms with Crippen LogP contribution in [-0.4, -0.2) is 21.6 Å². The lowest BCUT2D eigenvalue weighted by Crippen LogP contribution is -2.25. The average molecular weight is 362 g/mol. The molecule has 0 atom stereocenters. The highest BCUT2D eigenvalue weighted by Crippen LogP contribution is 2.12. The molecule has 1 heterocycles. The van der Waals surface area contributed by atoms with Crippen LogP contribution in [0.3, 0.4) is 0 Å². The summed E-state index contributed by atoms with van der Waals surface area (Å²) in [5.41, 5.74) is 3.81. The zero-order valence-corrected chi connectivity index (χ0v) is 15.2. The Morgan fingerprint density at radius 1 is 1.00 bits per heavy atom. The smallest absolute Gasteiger partial charge is 0.224 e. The molecule has 3 rings (SSSR count). The van der Waals surface area contributed by atoms with Crippen molar-refractivity contribution in [3.05, 3.63) is 83.7 Å². The maximum atomic E-state index is 12.3. The predicted molar refractivity (Wildman–Crippen MR) is 104 cm³/mol. The van der Waals surface area contributed by atoms with Gasteiger partial charge >= 0.3 is 0 Å². The van der Waals surface area contributed by atoms with Gasteiger partial charge in [-0.2, -0.15) is 5.10 Å². The molecule has 6 heteroatoms. The number of carbonyl (C=O) groups excluding carboxylic acids is 2. The number of hydrogen-bond donors (Lipinski definition) is 2. The first-order valence-corrected chi connectivity index (χ1v) is 8.77. The number of hydrogen-bond acceptors (Lipinski definition) is 3. The van der Waals surface area contributed by atoms with Crippen LogP contribution in [-0.2, 0) is 29.1 Å². The minimum atomic E-state index is -0.116. The second-order valence-corrected chi connectivity index (χ2v) is 6.30. The maximum absolute atomic E-state index is 12.3. The monoisotopic (exact) mass is 362 g/mol. The van der Waals surface area contributed by atoms with Gasteiger partial charge in [-0.3, -0.25) is 14.3 Å². The summed E-state index contributed by atoms with van der Waals surface area (Å²) >= 11 is 0. The summed E-state index contributed by atoms with van der Waals surface area (Å²) in [5.74, 6) is -0.162. The van der Waals surface area contributed by atoms with Crippen LogP contribution in [0.4, 0.5) is 5.69 Å². The third-order valence-corrected chi connectivity index (χ3v) is 4.12. The molecule has 0 aliphatic carbocycles. The molecule has 0 radical (unpaired) electrons. The van der Waals surface area contributed by atoms with Crippen molar-refractivity contribution in [2.45, 2.75) is 26.4 Å². The summed E-state index contributed by atoms with van der Waals surface area (Å²) in [5, 5.41) is 9.92. The highest BCUT2D eigenvalue weighted by Gasteiger charge is 2.07. The molecule has 2 amide bonds. The van der Waals surface area contributed by atoms with E-state index in [1.54, 1.807) is 18.3 Å². The summed E-state index contributed by atoms with van der Waals surface area (Å²) in [6.45, 7) is 2.61. The van der Waals surface area contributed by atoms with E-state index in [9.17, 15) is 9.59 Å². The number of carbonyl (C=O) groups is 2. The van der Waals surface area contributed by atoms with Gasteiger partial charge in [-0.05, 0) is 34.9 Å². The van der Waals surface area contributed by atoms with Crippen LogP contribution in [0.15, 0.2) is 67.0 Å². The van der Waals surface area contributed by atoms with Crippen molar-refractivity contribution in [2.75, 3.05) is 5.32 Å². The van der Waals surface area contributed by atoms with Crippen LogP contribution < -0.4 is 10.6 Å². The molecule has 0 saturated carbocycles. The van der Waals surface area contributed by atoms with Crippen LogP contribution in [0.5, 0.6) is 0 Å². The van der Waals surface area contributed by atoms with Gasteiger partial charge in [0.05, 0.1) is 13.0 Å². The van der Waals surface area contributed by atoms with Gasteiger partial charge in [-0.15, -0.1) is 0 Å². The fraction of sp³-hybridized carbons (Fsp3) is 0.190. The molecule has 0 aliphatic heterocycles. The van der Waals surface area contributed by atoms with Crippen LogP contribution in [0.1, 0.15) is 23.6 Å². The fourth-order valence-corrected chi connectivity index (χ4v) is 2.80. The lowest BCUT2D eigenvalue weighted by atomic mass is 10.1. The SMILES string of the molecule is CC(=O)Nc1ccc(CC(=O)NCc2ccccc2Cn2cccn2)cc1. The van der Waals surface area contributed by atoms with Crippen LogP contribution in [0.25, 0.3) is 0 Å². The Morgan fingerprint density at radius 3 is 2.41 bits per heavy atom. The number of rotatable bonds is 7. The first kappa shape index (κ1) is 18.4. The van der Waals surface area contributed by atoms with E-state index in [1.807, 2.05) is 53.3 Å². The molecule has 0 spiro atoms. The molecule has 2 aromatic carbocycles. The van der Waals surface area contributed by atoms with Crippen LogP contribution in [0, 0.1) is 0 Å². The molecule has 1 aromatic heterocycles. The third-order valence-electron chi connectivity index (χ3n) is 4.12. The molecule has 0 unspecified atom stereocenters. The molecule has 6 nitrogen and oxygen atoms in total. The third kappa shape index (κ3) is 5.54. The normalized spacial score (nSPS) is 10.4. The van der Waals surface area contributed by atoms with Gasteiger partial charge in [-0.25, -0.2) is 0 Å². The highest BCUT2D eigenvalue weighted by molar-refractivity contribution is 5.88. The maximum Gasteiger partial charge on any atom is 0.224 e. The first-order chi connectivity index (χ1) is 13.1. The Labute approximate surface area is 158 Å². The largest absolute Gasteiger partial charge is 0.352 e. The summed E-state index contributed by atoms with van der Waals surface area (Å²) in [7, 11) is 0. The molecule has 0 saturated heterocycles. The Hall–Kier alpha value is -3.41. The summed E-state index contributed by atoms with van der Waals surface area (Å²) < 4.78 is 1.86. The predicted octanol–water partition coefficient (Wildman–Crippen LogP) is 2.75. The van der Waals surface area contributed by atoms with E-state index < -0.39 is 0 Å². The molecule has 0 aliphatic rings. The Balaban J connectivity index is 1.55. The zero-order valence-electron chi connectivity index (χ0n) is 15.2. The van der Waals surface area contributed by atoms with Gasteiger partial charge < -0.3 is 10.6 Å². The van der Waals surface area contributed by atoms with E-state index in [-0.39, 0.29) is 11.8 Å². The fourth-order valence-electron chi connectivity index (χ4n) is 2.80. The van der Waals surface area contributed by atoms with Crippen molar-refractivity contribution in [3.63, 3.8) is 0 Å². The van der Waals surface area contributed by atoms with Crippen molar-refractivity contribution in [3.8, 4) is 0 Å². The first-order valence-electron chi connectivity index (χ1n) is 8.77. The molecule has 3 aromatic rings. The van der Waals surface area contributed by atoms with Gasteiger partial charge in [0.25, 0.3) is 0 Å². The molecular weight excluding hydrogens is 340 g/mol. The summed E-state index contributed by atoms with van der Waals surface area (Å²) in [4.78, 5) is 23.3. The molecule has 27 heavy (non-hydrogen) atoms. The minimum absolute atomic E-state index is 0.0452. The summed E-state index contributed by atoms with van der Waals surface area (Å²) in [6.07, 6.45) is 3.96. The zero-order chi connectivity index (χ0) is 19.1. The lowest BCUT2D eigenvalue weighted by Gasteiger charge is -2.11. The quantitative estimate of drug-likeness (QED) is 0.679. The van der Waals surface area contributed by atoms with E-state index in [1.165, 1.54) is 6.92 Å². The van der Waals surface area contributed by atoms with Crippen LogP contribution >= 0.6 is 0 Å². The summed E-state index contributed by atoms with van der Waals surface area (Å²) in [6, 6.07) is 17.2. The number of amides is 2. The second-order valence-electron chi connectivity index (χ2n) is 6.30. The Kier molecular flexibility index (Phi) is 5.99. The number of anilines is 1. The average Bonchev–Trinajstić information content (AvgIpc) is 3.15. The molecule has 0 bridgehead atoms. The Morgan fingerprint density at radius 2 is 1.74 bits per heavy atom. The van der Waals surface area contributed by atoms with E-state index in [0.717, 1.165) is 22.4 Å². The van der Waals surface area contributed by atoms with Gasteiger partial charge in [-0.1, -0.05) is 36.4 Å². The van der Waals surface area contributed by atoms with Gasteiger partial charge in [0.1, 0.15) is 0 Å². The second kappa shape index (κ2) is 8.80. The van der Waals surface area contributed by atoms with Gasteiger partial charge in [0.15, 0.2) is 0 Å². The molecule has 2 N–H and O–H groups in total. The number of aromatic nitrogens is 2. The number of nitrogens with one attached hydrogen (secondary N) is 2. The molecular formula is C21H22N4O2. The lowest BCUT2D eigenvalue weighted by molar-refractivity contribution is -0.120. The van der Waals surface area contributed by atoms with Crippen molar-refractivity contribution < 1.29 is 9.59 Å². The standard InChI is InChI=1S/C21H22N4O2/c1-16(26)24-20-9-7-17(8-10-20)13-21(27)22-14-18-5-2-3-6-19(18)15-25-12-4-11-23-25/h2-12H,13-15H2,1H3,(H,22,27)(H,24,26). The topological polar surface area (TPSA) is 76.0 Å².